The lowest BCUT2D eigenvalue weighted by Gasteiger charge is -2.18. The van der Waals surface area contributed by atoms with Crippen LogP contribution in [0.25, 0.3) is 0 Å². The highest BCUT2D eigenvalue weighted by Crippen LogP contribution is 2.28. The summed E-state index contributed by atoms with van der Waals surface area (Å²) in [5, 5.41) is 1.95. The van der Waals surface area contributed by atoms with Crippen LogP contribution in [0.4, 0.5) is 5.69 Å². The number of unbranched alkanes of at least 4 members (excludes halogenated alkanes) is 14. The summed E-state index contributed by atoms with van der Waals surface area (Å²) in [6.45, 7) is 7.23. The summed E-state index contributed by atoms with van der Waals surface area (Å²) in [4.78, 5) is -0.0291. The maximum Gasteiger partial charge on any atom is 0.150 e. The second-order valence-corrected chi connectivity index (χ2v) is 11.0. The summed E-state index contributed by atoms with van der Waals surface area (Å²) in [7, 11) is -4.46. The van der Waals surface area contributed by atoms with Gasteiger partial charge in [0.15, 0.2) is 5.69 Å². The van der Waals surface area contributed by atoms with E-state index in [0.717, 1.165) is 37.8 Å². The van der Waals surface area contributed by atoms with Gasteiger partial charge in [-0.05, 0) is 44.2 Å². The van der Waals surface area contributed by atoms with Crippen molar-refractivity contribution in [1.29, 1.82) is 0 Å². The van der Waals surface area contributed by atoms with E-state index in [4.69, 9.17) is 0 Å². The predicted molar refractivity (Wildman–Crippen MR) is 139 cm³/mol. The van der Waals surface area contributed by atoms with Gasteiger partial charge in [-0.1, -0.05) is 110 Å². The van der Waals surface area contributed by atoms with Gasteiger partial charge in [0.05, 0.1) is 6.54 Å². The van der Waals surface area contributed by atoms with Crippen molar-refractivity contribution in [3.63, 3.8) is 0 Å². The molecule has 5 heteroatoms. The Bertz CT molecular complexity index is 731. The van der Waals surface area contributed by atoms with Gasteiger partial charge in [-0.3, -0.25) is 0 Å². The molecule has 0 aliphatic carbocycles. The topological polar surface area (TPSA) is 73.8 Å². The Hall–Kier alpha value is -0.910. The van der Waals surface area contributed by atoms with E-state index in [1.807, 2.05) is 18.3 Å². The molecule has 0 spiro atoms. The van der Waals surface area contributed by atoms with Crippen molar-refractivity contribution in [2.45, 2.75) is 141 Å². The molecular weight excluding hydrogens is 430 g/mol. The van der Waals surface area contributed by atoms with Crippen LogP contribution in [0.1, 0.15) is 135 Å². The molecule has 0 heterocycles. The maximum absolute atomic E-state index is 11.9. The molecule has 0 aliphatic rings. The van der Waals surface area contributed by atoms with Gasteiger partial charge in [-0.2, -0.15) is 0 Å². The van der Waals surface area contributed by atoms with Crippen LogP contribution in [0, 0.1) is 0 Å². The SMILES string of the molecule is CCCCCCCCCCc1ccc(S(=O)(=O)[O-])c([NH2+]CC)c1CCCCCCCCCC. The number of rotatable bonds is 21. The maximum atomic E-state index is 11.9. The molecule has 0 unspecified atom stereocenters. The average molecular weight is 482 g/mol. The van der Waals surface area contributed by atoms with Gasteiger partial charge in [0, 0.05) is 5.56 Å². The zero-order chi connectivity index (χ0) is 24.4. The third kappa shape index (κ3) is 12.9. The molecule has 0 atom stereocenters. The summed E-state index contributed by atoms with van der Waals surface area (Å²) < 4.78 is 35.8. The molecule has 4 nitrogen and oxygen atoms in total. The van der Waals surface area contributed by atoms with E-state index in [-0.39, 0.29) is 4.90 Å². The van der Waals surface area contributed by atoms with E-state index in [2.05, 4.69) is 13.8 Å². The lowest BCUT2D eigenvalue weighted by molar-refractivity contribution is -0.570. The van der Waals surface area contributed by atoms with Crippen LogP contribution in [0.2, 0.25) is 0 Å². The highest BCUT2D eigenvalue weighted by atomic mass is 32.2. The van der Waals surface area contributed by atoms with Gasteiger partial charge in [0.2, 0.25) is 0 Å². The highest BCUT2D eigenvalue weighted by molar-refractivity contribution is 7.85. The van der Waals surface area contributed by atoms with Gasteiger partial charge in [-0.25, -0.2) is 8.42 Å². The van der Waals surface area contributed by atoms with E-state index in [9.17, 15) is 13.0 Å². The standard InChI is InChI=1S/C28H51NO3S/c1-4-7-9-11-13-15-17-19-21-25-23-24-27(33(30,31)32)28(29-6-3)26(25)22-20-18-16-14-12-10-8-5-2/h23-24,29H,4-22H2,1-3H3,(H,30,31,32). The molecule has 2 N–H and O–H groups in total. The van der Waals surface area contributed by atoms with Crippen LogP contribution in [0.5, 0.6) is 0 Å². The predicted octanol–water partition coefficient (Wildman–Crippen LogP) is 7.17. The number of hydrogen-bond acceptors (Lipinski definition) is 3. The fourth-order valence-electron chi connectivity index (χ4n) is 4.75. The zero-order valence-electron chi connectivity index (χ0n) is 21.8. The average Bonchev–Trinajstić information content (AvgIpc) is 2.78. The molecule has 0 fully saturated rings. The monoisotopic (exact) mass is 481 g/mol. The Balaban J connectivity index is 2.74. The lowest BCUT2D eigenvalue weighted by Crippen LogP contribution is -2.78. The summed E-state index contributed by atoms with van der Waals surface area (Å²) >= 11 is 0. The summed E-state index contributed by atoms with van der Waals surface area (Å²) in [5.74, 6) is 0. The molecule has 0 radical (unpaired) electrons. The summed E-state index contributed by atoms with van der Waals surface area (Å²) in [6, 6.07) is 3.47. The Kier molecular flexibility index (Phi) is 16.8. The van der Waals surface area contributed by atoms with Crippen molar-refractivity contribution in [3.8, 4) is 0 Å². The van der Waals surface area contributed by atoms with Crippen molar-refractivity contribution >= 4 is 15.8 Å². The number of nitrogens with two attached hydrogens (primary N) is 1. The van der Waals surface area contributed by atoms with Gasteiger partial charge in [0.25, 0.3) is 0 Å². The molecule has 1 aromatic rings. The fourth-order valence-corrected chi connectivity index (χ4v) is 5.46. The quantitative estimate of drug-likeness (QED) is 0.115. The van der Waals surface area contributed by atoms with Crippen LogP contribution >= 0.6 is 0 Å². The normalized spacial score (nSPS) is 11.9. The van der Waals surface area contributed by atoms with Crippen LogP contribution in [0.3, 0.4) is 0 Å². The first-order chi connectivity index (χ1) is 16.0. The largest absolute Gasteiger partial charge is 0.744 e. The van der Waals surface area contributed by atoms with E-state index in [0.29, 0.717) is 5.69 Å². The minimum Gasteiger partial charge on any atom is -0.744 e. The molecule has 1 rings (SSSR count). The third-order valence-electron chi connectivity index (χ3n) is 6.67. The van der Waals surface area contributed by atoms with Crippen LogP contribution in [-0.4, -0.2) is 19.5 Å². The van der Waals surface area contributed by atoms with Crippen molar-refractivity contribution in [1.82, 2.24) is 0 Å². The molecule has 33 heavy (non-hydrogen) atoms. The number of quaternary nitrogens is 1. The smallest absolute Gasteiger partial charge is 0.150 e. The van der Waals surface area contributed by atoms with Gasteiger partial charge in [-0.15, -0.1) is 0 Å². The van der Waals surface area contributed by atoms with E-state index < -0.39 is 10.1 Å². The lowest BCUT2D eigenvalue weighted by atomic mass is 9.94. The minimum atomic E-state index is -4.46. The van der Waals surface area contributed by atoms with Crippen LogP contribution in [-0.2, 0) is 23.0 Å². The molecule has 192 valence electrons. The van der Waals surface area contributed by atoms with Gasteiger partial charge >= 0.3 is 0 Å². The first kappa shape index (κ1) is 30.1. The second-order valence-electron chi connectivity index (χ2n) is 9.63. The number of hydrogen-bond donors (Lipinski definition) is 1. The number of aryl methyl sites for hydroxylation is 1. The van der Waals surface area contributed by atoms with E-state index >= 15 is 0 Å². The third-order valence-corrected chi connectivity index (χ3v) is 7.57. The van der Waals surface area contributed by atoms with Gasteiger partial charge < -0.3 is 9.87 Å². The fraction of sp³-hybridized carbons (Fsp3) is 0.786. The van der Waals surface area contributed by atoms with Crippen LogP contribution in [0.15, 0.2) is 17.0 Å². The Labute approximate surface area is 205 Å². The first-order valence-electron chi connectivity index (χ1n) is 13.9. The molecule has 0 saturated heterocycles. The minimum absolute atomic E-state index is 0.0291. The van der Waals surface area contributed by atoms with Crippen molar-refractivity contribution in [2.24, 2.45) is 0 Å². The molecule has 0 bridgehead atoms. The Morgan fingerprint density at radius 2 is 1.12 bits per heavy atom. The van der Waals surface area contributed by atoms with Crippen molar-refractivity contribution in [2.75, 3.05) is 6.54 Å². The second kappa shape index (κ2) is 18.4. The summed E-state index contributed by atoms with van der Waals surface area (Å²) in [6.07, 6.45) is 22.1. The molecule has 1 aromatic carbocycles. The Morgan fingerprint density at radius 1 is 0.667 bits per heavy atom. The van der Waals surface area contributed by atoms with Crippen LogP contribution < -0.4 is 5.32 Å². The van der Waals surface area contributed by atoms with Crippen molar-refractivity contribution in [3.05, 3.63) is 23.3 Å². The molecule has 0 amide bonds. The zero-order valence-corrected chi connectivity index (χ0v) is 22.6. The molecule has 0 aliphatic heterocycles. The van der Waals surface area contributed by atoms with Gasteiger partial charge in [0.1, 0.15) is 15.0 Å². The Morgan fingerprint density at radius 3 is 1.58 bits per heavy atom. The first-order valence-corrected chi connectivity index (χ1v) is 15.3. The molecule has 0 saturated carbocycles. The number of benzene rings is 1. The molecular formula is C28H51NO3S. The molecule has 0 aromatic heterocycles. The van der Waals surface area contributed by atoms with E-state index in [1.165, 1.54) is 95.5 Å². The highest BCUT2D eigenvalue weighted by Gasteiger charge is 2.20. The van der Waals surface area contributed by atoms with E-state index in [1.54, 1.807) is 6.07 Å². The summed E-state index contributed by atoms with van der Waals surface area (Å²) in [5.41, 5.74) is 3.05. The van der Waals surface area contributed by atoms with Crippen molar-refractivity contribution < 1.29 is 18.3 Å².